The lowest BCUT2D eigenvalue weighted by Crippen LogP contribution is -2.14. The Morgan fingerprint density at radius 1 is 0.966 bits per heavy atom. The average molecular weight is 384 g/mol. The zero-order valence-corrected chi connectivity index (χ0v) is 15.9. The van der Waals surface area contributed by atoms with Gasteiger partial charge in [-0.05, 0) is 55.0 Å². The van der Waals surface area contributed by atoms with E-state index in [-0.39, 0.29) is 18.1 Å². The highest BCUT2D eigenvalue weighted by atomic mass is 16.1. The molecule has 6 nitrogen and oxygen atoms in total. The van der Waals surface area contributed by atoms with Crippen molar-refractivity contribution in [3.05, 3.63) is 84.2 Å². The Bertz CT molecular complexity index is 1160. The number of pyridine rings is 1. The van der Waals surface area contributed by atoms with E-state index in [1.807, 2.05) is 42.6 Å². The lowest BCUT2D eigenvalue weighted by Gasteiger charge is -2.08. The molecule has 1 amide bonds. The number of aromatic nitrogens is 2. The summed E-state index contributed by atoms with van der Waals surface area (Å²) in [6.45, 7) is 1.54. The number of nitrogens with one attached hydrogen (secondary N) is 3. The van der Waals surface area contributed by atoms with Crippen molar-refractivity contribution in [2.75, 3.05) is 10.6 Å². The minimum absolute atomic E-state index is 0.0300. The molecule has 0 fully saturated rings. The molecule has 0 aliphatic rings. The van der Waals surface area contributed by atoms with Crippen LogP contribution in [0.1, 0.15) is 22.8 Å². The maximum Gasteiger partial charge on any atom is 0.228 e. The quantitative estimate of drug-likeness (QED) is 0.421. The predicted molar refractivity (Wildman–Crippen MR) is 115 cm³/mol. The first-order valence-electron chi connectivity index (χ1n) is 9.27. The molecule has 0 saturated carbocycles. The average Bonchev–Trinajstić information content (AvgIpc) is 3.13. The summed E-state index contributed by atoms with van der Waals surface area (Å²) in [5, 5.41) is 7.10. The smallest absolute Gasteiger partial charge is 0.228 e. The van der Waals surface area contributed by atoms with Crippen LogP contribution < -0.4 is 10.6 Å². The second-order valence-electron chi connectivity index (χ2n) is 6.78. The number of aromatic amines is 1. The van der Waals surface area contributed by atoms with Gasteiger partial charge in [0.05, 0.1) is 18.3 Å². The molecule has 3 N–H and O–H groups in total. The summed E-state index contributed by atoms with van der Waals surface area (Å²) in [4.78, 5) is 31.2. The Kier molecular flexibility index (Phi) is 5.07. The van der Waals surface area contributed by atoms with Gasteiger partial charge in [0.15, 0.2) is 5.78 Å². The molecule has 2 aromatic carbocycles. The lowest BCUT2D eigenvalue weighted by molar-refractivity contribution is -0.115. The number of amides is 1. The van der Waals surface area contributed by atoms with Crippen LogP contribution in [-0.2, 0) is 11.2 Å². The molecule has 0 saturated heterocycles. The SMILES string of the molecule is CC(=O)c1ccc(Nc2ccc(NC(=O)Cc3c[nH]c4ccccc34)cn2)cc1. The van der Waals surface area contributed by atoms with Gasteiger partial charge in [-0.3, -0.25) is 9.59 Å². The van der Waals surface area contributed by atoms with E-state index >= 15 is 0 Å². The van der Waals surface area contributed by atoms with Gasteiger partial charge >= 0.3 is 0 Å². The van der Waals surface area contributed by atoms with E-state index in [9.17, 15) is 9.59 Å². The number of rotatable bonds is 6. The van der Waals surface area contributed by atoms with Gasteiger partial charge in [-0.15, -0.1) is 0 Å². The van der Waals surface area contributed by atoms with Gasteiger partial charge < -0.3 is 15.6 Å². The van der Waals surface area contributed by atoms with Gasteiger partial charge in [-0.2, -0.15) is 0 Å². The summed E-state index contributed by atoms with van der Waals surface area (Å²) in [5.41, 5.74) is 4.10. The van der Waals surface area contributed by atoms with Crippen molar-refractivity contribution in [2.45, 2.75) is 13.3 Å². The van der Waals surface area contributed by atoms with E-state index < -0.39 is 0 Å². The summed E-state index contributed by atoms with van der Waals surface area (Å²) in [5.74, 6) is 0.578. The Morgan fingerprint density at radius 2 is 1.72 bits per heavy atom. The van der Waals surface area contributed by atoms with Crippen LogP contribution in [0.2, 0.25) is 0 Å². The zero-order valence-electron chi connectivity index (χ0n) is 15.9. The largest absolute Gasteiger partial charge is 0.361 e. The van der Waals surface area contributed by atoms with Crippen LogP contribution in [0.5, 0.6) is 0 Å². The first kappa shape index (κ1) is 18.4. The summed E-state index contributed by atoms with van der Waals surface area (Å²) in [6.07, 6.45) is 3.76. The number of hydrogen-bond donors (Lipinski definition) is 3. The molecule has 2 aromatic heterocycles. The van der Waals surface area contributed by atoms with Crippen LogP contribution in [0.15, 0.2) is 73.1 Å². The minimum Gasteiger partial charge on any atom is -0.361 e. The van der Waals surface area contributed by atoms with Gasteiger partial charge in [-0.25, -0.2) is 4.98 Å². The van der Waals surface area contributed by atoms with Crippen LogP contribution in [0.4, 0.5) is 17.2 Å². The predicted octanol–water partition coefficient (Wildman–Crippen LogP) is 4.69. The Hall–Kier alpha value is -3.93. The van der Waals surface area contributed by atoms with Gasteiger partial charge in [0.2, 0.25) is 5.91 Å². The van der Waals surface area contributed by atoms with Crippen molar-refractivity contribution in [3.63, 3.8) is 0 Å². The maximum atomic E-state index is 12.4. The van der Waals surface area contributed by atoms with Crippen molar-refractivity contribution in [3.8, 4) is 0 Å². The number of para-hydroxylation sites is 1. The number of H-pyrrole nitrogens is 1. The third-order valence-corrected chi connectivity index (χ3v) is 4.64. The van der Waals surface area contributed by atoms with Gasteiger partial charge in [0.25, 0.3) is 0 Å². The second kappa shape index (κ2) is 7.98. The fraction of sp³-hybridized carbons (Fsp3) is 0.0870. The van der Waals surface area contributed by atoms with Crippen LogP contribution in [0.25, 0.3) is 10.9 Å². The second-order valence-corrected chi connectivity index (χ2v) is 6.78. The highest BCUT2D eigenvalue weighted by Gasteiger charge is 2.09. The number of Topliss-reactive ketones (excluding diaryl/α,β-unsaturated/α-hetero) is 1. The monoisotopic (exact) mass is 384 g/mol. The number of benzene rings is 2. The molecule has 0 atom stereocenters. The summed E-state index contributed by atoms with van der Waals surface area (Å²) >= 11 is 0. The van der Waals surface area contributed by atoms with Gasteiger partial charge in [0, 0.05) is 28.4 Å². The third kappa shape index (κ3) is 4.32. The van der Waals surface area contributed by atoms with Crippen molar-refractivity contribution < 1.29 is 9.59 Å². The highest BCUT2D eigenvalue weighted by molar-refractivity contribution is 5.96. The van der Waals surface area contributed by atoms with Crippen LogP contribution in [-0.4, -0.2) is 21.7 Å². The summed E-state index contributed by atoms with van der Waals surface area (Å²) < 4.78 is 0. The molecule has 0 aliphatic carbocycles. The molecule has 6 heteroatoms. The van der Waals surface area contributed by atoms with Gasteiger partial charge in [0.1, 0.15) is 5.82 Å². The van der Waals surface area contributed by atoms with E-state index in [4.69, 9.17) is 0 Å². The molecule has 29 heavy (non-hydrogen) atoms. The number of nitrogens with zero attached hydrogens (tertiary/aromatic N) is 1. The molecule has 144 valence electrons. The molecule has 0 unspecified atom stereocenters. The Labute approximate surface area is 168 Å². The first-order chi connectivity index (χ1) is 14.1. The van der Waals surface area contributed by atoms with E-state index in [2.05, 4.69) is 20.6 Å². The van der Waals surface area contributed by atoms with E-state index in [1.165, 1.54) is 6.92 Å². The number of carbonyl (C=O) groups is 2. The summed E-state index contributed by atoms with van der Waals surface area (Å²) in [7, 11) is 0. The maximum absolute atomic E-state index is 12.4. The van der Waals surface area contributed by atoms with Crippen LogP contribution >= 0.6 is 0 Å². The fourth-order valence-corrected chi connectivity index (χ4v) is 3.13. The molecule has 0 radical (unpaired) electrons. The van der Waals surface area contributed by atoms with E-state index in [1.54, 1.807) is 30.5 Å². The molecule has 0 aliphatic heterocycles. The van der Waals surface area contributed by atoms with E-state index in [0.29, 0.717) is 17.1 Å². The van der Waals surface area contributed by atoms with E-state index in [0.717, 1.165) is 22.2 Å². The molecule has 4 rings (SSSR count). The lowest BCUT2D eigenvalue weighted by atomic mass is 10.1. The molecule has 0 spiro atoms. The Morgan fingerprint density at radius 3 is 2.45 bits per heavy atom. The molecule has 0 bridgehead atoms. The minimum atomic E-state index is -0.0999. The number of carbonyl (C=O) groups excluding carboxylic acids is 2. The summed E-state index contributed by atoms with van der Waals surface area (Å²) in [6, 6.07) is 18.7. The van der Waals surface area contributed by atoms with Crippen molar-refractivity contribution in [2.24, 2.45) is 0 Å². The first-order valence-corrected chi connectivity index (χ1v) is 9.27. The third-order valence-electron chi connectivity index (χ3n) is 4.64. The van der Waals surface area contributed by atoms with Crippen LogP contribution in [0.3, 0.4) is 0 Å². The van der Waals surface area contributed by atoms with Crippen molar-refractivity contribution in [1.29, 1.82) is 0 Å². The van der Waals surface area contributed by atoms with Crippen LogP contribution in [0, 0.1) is 0 Å². The van der Waals surface area contributed by atoms with Crippen molar-refractivity contribution in [1.82, 2.24) is 9.97 Å². The fourth-order valence-electron chi connectivity index (χ4n) is 3.13. The standard InChI is InChI=1S/C23H20N4O2/c1-15(28)16-6-8-18(9-7-16)26-22-11-10-19(14-25-22)27-23(29)12-17-13-24-21-5-3-2-4-20(17)21/h2-11,13-14,24H,12H2,1H3,(H,25,26)(H,27,29). The zero-order chi connectivity index (χ0) is 20.2. The molecular weight excluding hydrogens is 364 g/mol. The Balaban J connectivity index is 1.37. The number of ketones is 1. The van der Waals surface area contributed by atoms with Gasteiger partial charge in [-0.1, -0.05) is 18.2 Å². The number of hydrogen-bond acceptors (Lipinski definition) is 4. The molecular formula is C23H20N4O2. The molecule has 4 aromatic rings. The van der Waals surface area contributed by atoms with Crippen molar-refractivity contribution >= 4 is 39.8 Å². The normalized spacial score (nSPS) is 10.7. The number of fused-ring (bicyclic) bond motifs is 1. The highest BCUT2D eigenvalue weighted by Crippen LogP contribution is 2.20. The number of anilines is 3. The topological polar surface area (TPSA) is 86.9 Å². The molecule has 2 heterocycles.